The van der Waals surface area contributed by atoms with Crippen molar-refractivity contribution in [2.24, 2.45) is 0 Å². The van der Waals surface area contributed by atoms with Crippen LogP contribution in [0.25, 0.3) is 11.3 Å². The molecule has 2 N–H and O–H groups in total. The fourth-order valence-electron chi connectivity index (χ4n) is 4.32. The lowest BCUT2D eigenvalue weighted by Gasteiger charge is -2.44. The number of hydrogen-bond acceptors (Lipinski definition) is 12. The maximum Gasteiger partial charge on any atom is 0.471 e. The molecule has 3 rings (SSSR count). The monoisotopic (exact) mass is 602 g/mol. The number of nitrogens with zero attached hydrogens (tertiary/aromatic N) is 3. The van der Waals surface area contributed by atoms with E-state index in [1.165, 1.54) is 18.0 Å². The Hall–Kier alpha value is -4.09. The molecule has 0 aliphatic carbocycles. The molecule has 2 heterocycles. The highest BCUT2D eigenvalue weighted by atomic mass is 19.4. The zero-order chi connectivity index (χ0) is 31.2. The van der Waals surface area contributed by atoms with Crippen LogP contribution in [0.3, 0.4) is 0 Å². The zero-order valence-corrected chi connectivity index (χ0v) is 22.9. The van der Waals surface area contributed by atoms with Gasteiger partial charge in [-0.2, -0.15) is 13.2 Å². The van der Waals surface area contributed by atoms with E-state index in [1.807, 2.05) is 0 Å². The van der Waals surface area contributed by atoms with Crippen molar-refractivity contribution in [1.29, 1.82) is 0 Å². The van der Waals surface area contributed by atoms with Gasteiger partial charge in [-0.15, -0.1) is 5.10 Å². The molecule has 0 spiro atoms. The number of carbonyl (C=O) groups is 4. The van der Waals surface area contributed by atoms with Gasteiger partial charge in [0.15, 0.2) is 12.2 Å². The highest BCUT2D eigenvalue weighted by molar-refractivity contribution is 5.82. The van der Waals surface area contributed by atoms with Crippen LogP contribution in [0.4, 0.5) is 13.2 Å². The number of ether oxygens (including phenoxy) is 5. The largest absolute Gasteiger partial charge is 0.471 e. The molecule has 5 atom stereocenters. The Morgan fingerprint density at radius 1 is 1.00 bits per heavy atom. The predicted octanol–water partition coefficient (Wildman–Crippen LogP) is 0.782. The van der Waals surface area contributed by atoms with Crippen molar-refractivity contribution < 1.29 is 61.1 Å². The van der Waals surface area contributed by atoms with Crippen molar-refractivity contribution in [1.82, 2.24) is 20.3 Å². The highest BCUT2D eigenvalue weighted by Crippen LogP contribution is 2.30. The van der Waals surface area contributed by atoms with Crippen molar-refractivity contribution in [2.75, 3.05) is 7.11 Å². The van der Waals surface area contributed by atoms with Crippen LogP contribution in [-0.4, -0.2) is 87.8 Å². The number of hydrogen-bond donors (Lipinski definition) is 2. The van der Waals surface area contributed by atoms with Gasteiger partial charge >= 0.3 is 30.0 Å². The van der Waals surface area contributed by atoms with E-state index in [9.17, 15) is 37.5 Å². The van der Waals surface area contributed by atoms with E-state index >= 15 is 0 Å². The molecule has 2 unspecified atom stereocenters. The Morgan fingerprint density at radius 3 is 2.19 bits per heavy atom. The molecule has 1 saturated heterocycles. The molecular formula is C25H29F3N4O10. The van der Waals surface area contributed by atoms with E-state index in [0.717, 1.165) is 26.3 Å². The molecule has 14 nitrogen and oxygen atoms in total. The average Bonchev–Trinajstić information content (AvgIpc) is 3.35. The van der Waals surface area contributed by atoms with E-state index in [4.69, 9.17) is 23.7 Å². The van der Waals surface area contributed by atoms with Crippen molar-refractivity contribution in [2.45, 2.75) is 77.3 Å². The lowest BCUT2D eigenvalue weighted by Crippen LogP contribution is -2.67. The topological polar surface area (TPSA) is 177 Å². The average molecular weight is 603 g/mol. The molecule has 1 aromatic carbocycles. The van der Waals surface area contributed by atoms with E-state index in [0.29, 0.717) is 16.8 Å². The summed E-state index contributed by atoms with van der Waals surface area (Å²) >= 11 is 0. The minimum Gasteiger partial charge on any atom is -0.456 e. The Kier molecular flexibility index (Phi) is 10.6. The van der Waals surface area contributed by atoms with Gasteiger partial charge < -0.3 is 34.1 Å². The first kappa shape index (κ1) is 32.4. The molecule has 0 radical (unpaired) electrons. The molecular weight excluding hydrogens is 573 g/mol. The normalized spacial score (nSPS) is 22.2. The maximum absolute atomic E-state index is 13.1. The molecule has 1 aliphatic rings. The number of aliphatic hydroxyl groups excluding tert-OH is 1. The van der Waals surface area contributed by atoms with Gasteiger partial charge in [0.05, 0.1) is 26.0 Å². The fourth-order valence-corrected chi connectivity index (χ4v) is 4.32. The molecule has 230 valence electrons. The van der Waals surface area contributed by atoms with Crippen molar-refractivity contribution in [3.8, 4) is 11.3 Å². The zero-order valence-electron chi connectivity index (χ0n) is 22.9. The molecule has 1 aliphatic heterocycles. The molecule has 0 bridgehead atoms. The molecule has 1 aromatic heterocycles. The number of aliphatic hydroxyl groups is 1. The number of halogens is 3. The van der Waals surface area contributed by atoms with Crippen molar-refractivity contribution in [3.05, 3.63) is 35.5 Å². The van der Waals surface area contributed by atoms with Gasteiger partial charge in [0.25, 0.3) is 0 Å². The van der Waals surface area contributed by atoms with Crippen LogP contribution >= 0.6 is 0 Å². The summed E-state index contributed by atoms with van der Waals surface area (Å²) in [4.78, 5) is 47.6. The Labute approximate surface area is 237 Å². The van der Waals surface area contributed by atoms with Crippen LogP contribution in [0, 0.1) is 0 Å². The summed E-state index contributed by atoms with van der Waals surface area (Å²) in [5, 5.41) is 19.4. The second-order valence-electron chi connectivity index (χ2n) is 9.25. The second-order valence-corrected chi connectivity index (χ2v) is 9.25. The Balaban J connectivity index is 1.99. The third kappa shape index (κ3) is 8.46. The number of esters is 3. The maximum atomic E-state index is 13.1. The lowest BCUT2D eigenvalue weighted by molar-refractivity contribution is -0.269. The molecule has 1 amide bonds. The third-order valence-electron chi connectivity index (χ3n) is 5.84. The van der Waals surface area contributed by atoms with Crippen LogP contribution in [0.1, 0.15) is 31.9 Å². The number of nitrogens with one attached hydrogen (secondary N) is 1. The summed E-state index contributed by atoms with van der Waals surface area (Å²) in [6.07, 6.45) is -10.5. The van der Waals surface area contributed by atoms with Crippen LogP contribution in [0.5, 0.6) is 0 Å². The van der Waals surface area contributed by atoms with Crippen LogP contribution < -0.4 is 5.32 Å². The summed E-state index contributed by atoms with van der Waals surface area (Å²) < 4.78 is 67.0. The van der Waals surface area contributed by atoms with Crippen molar-refractivity contribution in [3.63, 3.8) is 0 Å². The number of carbonyl (C=O) groups excluding carboxylic acids is 4. The molecule has 0 saturated carbocycles. The van der Waals surface area contributed by atoms with Crippen LogP contribution in [-0.2, 0) is 62.6 Å². The quantitative estimate of drug-likeness (QED) is 0.289. The first-order valence-electron chi connectivity index (χ1n) is 12.4. The van der Waals surface area contributed by atoms with Gasteiger partial charge in [-0.3, -0.25) is 19.2 Å². The first-order valence-corrected chi connectivity index (χ1v) is 12.4. The van der Waals surface area contributed by atoms with E-state index < -0.39 is 60.6 Å². The second kappa shape index (κ2) is 13.7. The number of amides is 1. The predicted molar refractivity (Wildman–Crippen MR) is 132 cm³/mol. The minimum atomic E-state index is -5.36. The summed E-state index contributed by atoms with van der Waals surface area (Å²) in [5.74, 6) is -5.34. The van der Waals surface area contributed by atoms with Crippen LogP contribution in [0.15, 0.2) is 24.4 Å². The van der Waals surface area contributed by atoms with Crippen LogP contribution in [0.2, 0.25) is 0 Å². The SMILES string of the molecule is COCc1cc(CO)cc(-c2cn(CC3O[C@@H](OC(C)=O)[C@@H](NC(=O)C(F)(F)F)C(OC(C)=O)[C@@H]3OC(C)=O)nn2)c1. The van der Waals surface area contributed by atoms with E-state index in [-0.39, 0.29) is 19.8 Å². The minimum absolute atomic E-state index is 0.250. The number of rotatable bonds is 10. The highest BCUT2D eigenvalue weighted by Gasteiger charge is 2.54. The van der Waals surface area contributed by atoms with Gasteiger partial charge in [0, 0.05) is 33.4 Å². The van der Waals surface area contributed by atoms with E-state index in [2.05, 4.69) is 10.3 Å². The molecule has 17 heteroatoms. The fraction of sp³-hybridized carbons (Fsp3) is 0.520. The summed E-state index contributed by atoms with van der Waals surface area (Å²) in [7, 11) is 1.51. The number of methoxy groups -OCH3 is 1. The van der Waals surface area contributed by atoms with E-state index in [1.54, 1.807) is 23.5 Å². The molecule has 2 aromatic rings. The van der Waals surface area contributed by atoms with Crippen molar-refractivity contribution >= 4 is 23.8 Å². The summed E-state index contributed by atoms with van der Waals surface area (Å²) in [5.41, 5.74) is 2.26. The smallest absolute Gasteiger partial charge is 0.456 e. The first-order chi connectivity index (χ1) is 19.7. The number of benzene rings is 1. The van der Waals surface area contributed by atoms with Gasteiger partial charge in [-0.1, -0.05) is 11.3 Å². The number of aromatic nitrogens is 3. The third-order valence-corrected chi connectivity index (χ3v) is 5.84. The van der Waals surface area contributed by atoms with Gasteiger partial charge in [0.1, 0.15) is 17.8 Å². The Morgan fingerprint density at radius 2 is 1.62 bits per heavy atom. The standard InChI is InChI=1S/C25H29F3N4O10/c1-12(34)39-21-19(9-32-8-18(30-31-32)17-6-15(10-33)5-16(7-17)11-38-4)42-23(41-14(3)36)20(22(21)40-13(2)35)29-24(37)25(26,27)28/h5-8,19-23,33H,9-11H2,1-4H3,(H,29,37)/t19?,20-,21+,22?,23+/m0/s1. The molecule has 42 heavy (non-hydrogen) atoms. The number of alkyl halides is 3. The Bertz CT molecular complexity index is 1300. The summed E-state index contributed by atoms with van der Waals surface area (Å²) in [6, 6.07) is 3.26. The van der Waals surface area contributed by atoms with Gasteiger partial charge in [0.2, 0.25) is 6.29 Å². The van der Waals surface area contributed by atoms with Gasteiger partial charge in [-0.05, 0) is 23.3 Å². The van der Waals surface area contributed by atoms with Gasteiger partial charge in [-0.25, -0.2) is 4.68 Å². The lowest BCUT2D eigenvalue weighted by atomic mass is 9.95. The molecule has 1 fully saturated rings. The summed E-state index contributed by atoms with van der Waals surface area (Å²) in [6.45, 7) is 2.62.